The molecule has 0 radical (unpaired) electrons. The number of hydrogen-bond donors (Lipinski definition) is 1. The minimum atomic E-state index is -1.55. The molecule has 0 aliphatic heterocycles. The summed E-state index contributed by atoms with van der Waals surface area (Å²) in [5.41, 5.74) is -0.434. The first-order valence-electron chi connectivity index (χ1n) is 5.30. The third-order valence-corrected chi connectivity index (χ3v) is 2.41. The third-order valence-electron chi connectivity index (χ3n) is 2.41. The Morgan fingerprint density at radius 1 is 1.58 bits per heavy atom. The Labute approximate surface area is 108 Å². The standard InChI is InChI=1S/C12H13FN2O4/c1-7(2)6-14(3)10-5-9(13)8(12(16)17)4-11(10)15(18)19/h4-5H,1,6H2,2-3H3,(H,16,17). The quantitative estimate of drug-likeness (QED) is 0.503. The summed E-state index contributed by atoms with van der Waals surface area (Å²) < 4.78 is 13.6. The van der Waals surface area contributed by atoms with E-state index in [9.17, 15) is 19.3 Å². The minimum absolute atomic E-state index is 0.00972. The number of likely N-dealkylation sites (N-methyl/N-ethyl adjacent to an activating group) is 1. The number of anilines is 1. The van der Waals surface area contributed by atoms with E-state index < -0.39 is 28.0 Å². The zero-order valence-corrected chi connectivity index (χ0v) is 10.5. The first kappa shape index (κ1) is 14.6. The molecule has 0 aliphatic carbocycles. The molecular weight excluding hydrogens is 255 g/mol. The van der Waals surface area contributed by atoms with E-state index in [0.29, 0.717) is 6.54 Å². The van der Waals surface area contributed by atoms with E-state index in [1.165, 1.54) is 11.9 Å². The van der Waals surface area contributed by atoms with E-state index in [-0.39, 0.29) is 5.69 Å². The number of nitro benzene ring substituents is 1. The van der Waals surface area contributed by atoms with Crippen LogP contribution in [0.4, 0.5) is 15.8 Å². The van der Waals surface area contributed by atoms with E-state index in [1.807, 2.05) is 0 Å². The van der Waals surface area contributed by atoms with Gasteiger partial charge in [0, 0.05) is 25.7 Å². The van der Waals surface area contributed by atoms with Crippen molar-refractivity contribution in [2.24, 2.45) is 0 Å². The molecule has 0 spiro atoms. The van der Waals surface area contributed by atoms with E-state index in [0.717, 1.165) is 17.7 Å². The molecule has 1 aromatic carbocycles. The van der Waals surface area contributed by atoms with Gasteiger partial charge in [0.2, 0.25) is 0 Å². The Kier molecular flexibility index (Phi) is 4.21. The fourth-order valence-electron chi connectivity index (χ4n) is 1.66. The van der Waals surface area contributed by atoms with E-state index in [1.54, 1.807) is 6.92 Å². The molecule has 19 heavy (non-hydrogen) atoms. The molecule has 6 nitrogen and oxygen atoms in total. The van der Waals surface area contributed by atoms with Crippen LogP contribution in [0.3, 0.4) is 0 Å². The molecule has 0 aliphatic rings. The second kappa shape index (κ2) is 5.47. The number of benzene rings is 1. The lowest BCUT2D eigenvalue weighted by Crippen LogP contribution is -2.21. The maximum absolute atomic E-state index is 13.6. The number of nitro groups is 1. The Hall–Kier alpha value is -2.44. The average molecular weight is 268 g/mol. The summed E-state index contributed by atoms with van der Waals surface area (Å²) in [4.78, 5) is 22.4. The Balaban J connectivity index is 3.38. The van der Waals surface area contributed by atoms with Gasteiger partial charge in [0.25, 0.3) is 5.69 Å². The van der Waals surface area contributed by atoms with Crippen LogP contribution in [-0.4, -0.2) is 29.6 Å². The van der Waals surface area contributed by atoms with Gasteiger partial charge in [-0.15, -0.1) is 0 Å². The molecule has 1 rings (SSSR count). The molecule has 0 unspecified atom stereocenters. The molecule has 0 atom stereocenters. The van der Waals surface area contributed by atoms with Gasteiger partial charge in [0.1, 0.15) is 17.1 Å². The fraction of sp³-hybridized carbons (Fsp3) is 0.250. The Morgan fingerprint density at radius 3 is 2.58 bits per heavy atom. The van der Waals surface area contributed by atoms with Crippen molar-refractivity contribution < 1.29 is 19.2 Å². The van der Waals surface area contributed by atoms with Crippen LogP contribution in [0, 0.1) is 15.9 Å². The van der Waals surface area contributed by atoms with Gasteiger partial charge < -0.3 is 10.0 Å². The van der Waals surface area contributed by atoms with Crippen LogP contribution in [0.2, 0.25) is 0 Å². The van der Waals surface area contributed by atoms with Crippen molar-refractivity contribution >= 4 is 17.3 Å². The number of halogens is 1. The van der Waals surface area contributed by atoms with Gasteiger partial charge in [0.05, 0.1) is 4.92 Å². The highest BCUT2D eigenvalue weighted by molar-refractivity contribution is 5.90. The molecule has 0 saturated carbocycles. The van der Waals surface area contributed by atoms with Gasteiger partial charge in [-0.25, -0.2) is 9.18 Å². The molecule has 0 fully saturated rings. The SMILES string of the molecule is C=C(C)CN(C)c1cc(F)c(C(=O)O)cc1[N+](=O)[O-]. The normalized spacial score (nSPS) is 10.1. The monoisotopic (exact) mass is 268 g/mol. The van der Waals surface area contributed by atoms with E-state index >= 15 is 0 Å². The topological polar surface area (TPSA) is 83.7 Å². The van der Waals surface area contributed by atoms with Gasteiger partial charge in [-0.05, 0) is 6.92 Å². The lowest BCUT2D eigenvalue weighted by Gasteiger charge is -2.19. The lowest BCUT2D eigenvalue weighted by molar-refractivity contribution is -0.384. The number of nitrogens with zero attached hydrogens (tertiary/aromatic N) is 2. The average Bonchev–Trinajstić information content (AvgIpc) is 2.26. The zero-order valence-electron chi connectivity index (χ0n) is 10.5. The van der Waals surface area contributed by atoms with Crippen molar-refractivity contribution in [3.63, 3.8) is 0 Å². The predicted molar refractivity (Wildman–Crippen MR) is 68.1 cm³/mol. The largest absolute Gasteiger partial charge is 0.478 e. The highest BCUT2D eigenvalue weighted by Gasteiger charge is 2.23. The summed E-state index contributed by atoms with van der Waals surface area (Å²) in [7, 11) is 1.54. The summed E-state index contributed by atoms with van der Waals surface area (Å²) in [5, 5.41) is 19.7. The van der Waals surface area contributed by atoms with Crippen molar-refractivity contribution in [3.8, 4) is 0 Å². The van der Waals surface area contributed by atoms with Crippen molar-refractivity contribution in [2.45, 2.75) is 6.92 Å². The summed E-state index contributed by atoms with van der Waals surface area (Å²) in [5.74, 6) is -2.56. The minimum Gasteiger partial charge on any atom is -0.478 e. The van der Waals surface area contributed by atoms with Gasteiger partial charge in [-0.2, -0.15) is 0 Å². The maximum Gasteiger partial charge on any atom is 0.338 e. The number of hydrogen-bond acceptors (Lipinski definition) is 4. The smallest absolute Gasteiger partial charge is 0.338 e. The molecule has 1 N–H and O–H groups in total. The molecule has 1 aromatic rings. The first-order chi connectivity index (χ1) is 8.73. The third kappa shape index (κ3) is 3.27. The molecule has 0 saturated heterocycles. The van der Waals surface area contributed by atoms with E-state index in [4.69, 9.17) is 5.11 Å². The molecule has 0 bridgehead atoms. The molecule has 0 heterocycles. The van der Waals surface area contributed by atoms with Gasteiger partial charge in [-0.3, -0.25) is 10.1 Å². The number of carbonyl (C=O) groups is 1. The lowest BCUT2D eigenvalue weighted by atomic mass is 10.1. The van der Waals surface area contributed by atoms with E-state index in [2.05, 4.69) is 6.58 Å². The van der Waals surface area contributed by atoms with Gasteiger partial charge >= 0.3 is 5.97 Å². The molecular formula is C12H13FN2O4. The molecule has 0 aromatic heterocycles. The Bertz CT molecular complexity index is 557. The summed E-state index contributed by atoms with van der Waals surface area (Å²) >= 11 is 0. The zero-order chi connectivity index (χ0) is 14.7. The van der Waals surface area contributed by atoms with Gasteiger partial charge in [0.15, 0.2) is 0 Å². The molecule has 0 amide bonds. The van der Waals surface area contributed by atoms with Crippen LogP contribution in [0.1, 0.15) is 17.3 Å². The molecule has 7 heteroatoms. The number of rotatable bonds is 5. The van der Waals surface area contributed by atoms with Crippen molar-refractivity contribution in [2.75, 3.05) is 18.5 Å². The first-order valence-corrected chi connectivity index (χ1v) is 5.30. The number of aromatic carboxylic acids is 1. The van der Waals surface area contributed by atoms with Crippen LogP contribution in [0.25, 0.3) is 0 Å². The van der Waals surface area contributed by atoms with Crippen molar-refractivity contribution in [1.29, 1.82) is 0 Å². The highest BCUT2D eigenvalue weighted by atomic mass is 19.1. The van der Waals surface area contributed by atoms with Crippen molar-refractivity contribution in [1.82, 2.24) is 0 Å². The van der Waals surface area contributed by atoms with Crippen LogP contribution < -0.4 is 4.90 Å². The number of carboxylic acids is 1. The van der Waals surface area contributed by atoms with Crippen LogP contribution in [-0.2, 0) is 0 Å². The summed E-state index contributed by atoms with van der Waals surface area (Å²) in [6.07, 6.45) is 0. The van der Waals surface area contributed by atoms with Crippen molar-refractivity contribution in [3.05, 3.63) is 45.8 Å². The fourth-order valence-corrected chi connectivity index (χ4v) is 1.66. The summed E-state index contributed by atoms with van der Waals surface area (Å²) in [6, 6.07) is 1.58. The number of carboxylic acid groups (broad SMARTS) is 1. The maximum atomic E-state index is 13.6. The molecule has 102 valence electrons. The van der Waals surface area contributed by atoms with Crippen LogP contribution in [0.5, 0.6) is 0 Å². The highest BCUT2D eigenvalue weighted by Crippen LogP contribution is 2.30. The Morgan fingerprint density at radius 2 is 2.16 bits per heavy atom. The van der Waals surface area contributed by atoms with Gasteiger partial charge in [-0.1, -0.05) is 12.2 Å². The van der Waals surface area contributed by atoms with Crippen LogP contribution in [0.15, 0.2) is 24.3 Å². The second-order valence-electron chi connectivity index (χ2n) is 4.20. The van der Waals surface area contributed by atoms with Crippen LogP contribution >= 0.6 is 0 Å². The summed E-state index contributed by atoms with van der Waals surface area (Å²) in [6.45, 7) is 5.69. The second-order valence-corrected chi connectivity index (χ2v) is 4.20. The predicted octanol–water partition coefficient (Wildman–Crippen LogP) is 2.44.